The maximum absolute atomic E-state index is 12.2. The van der Waals surface area contributed by atoms with E-state index in [0.717, 1.165) is 10.6 Å². The van der Waals surface area contributed by atoms with Crippen molar-refractivity contribution in [3.8, 4) is 11.5 Å². The molecule has 0 unspecified atom stereocenters. The maximum atomic E-state index is 12.2. The second kappa shape index (κ2) is 9.72. The zero-order valence-corrected chi connectivity index (χ0v) is 15.8. The molecule has 0 saturated carbocycles. The SMILES string of the molecule is COc1cccc(NC(=O)CN(C)C(=O)CSc2cccc(OC)c2)c1. The molecule has 0 aromatic heterocycles. The quantitative estimate of drug-likeness (QED) is 0.720. The van der Waals surface area contributed by atoms with E-state index in [2.05, 4.69) is 5.32 Å². The second-order valence-corrected chi connectivity index (χ2v) is 6.55. The fraction of sp³-hybridized carbons (Fsp3) is 0.263. The Labute approximate surface area is 157 Å². The van der Waals surface area contributed by atoms with Crippen LogP contribution in [0.4, 0.5) is 5.69 Å². The van der Waals surface area contributed by atoms with Crippen LogP contribution in [0, 0.1) is 0 Å². The van der Waals surface area contributed by atoms with Crippen LogP contribution in [-0.2, 0) is 9.59 Å². The summed E-state index contributed by atoms with van der Waals surface area (Å²) < 4.78 is 10.3. The van der Waals surface area contributed by atoms with Gasteiger partial charge in [0.05, 0.1) is 26.5 Å². The van der Waals surface area contributed by atoms with Gasteiger partial charge in [-0.25, -0.2) is 0 Å². The number of thioether (sulfide) groups is 1. The summed E-state index contributed by atoms with van der Waals surface area (Å²) in [5, 5.41) is 2.76. The van der Waals surface area contributed by atoms with Gasteiger partial charge in [0.1, 0.15) is 11.5 Å². The Kier molecular flexibility index (Phi) is 7.35. The summed E-state index contributed by atoms with van der Waals surface area (Å²) in [4.78, 5) is 26.7. The molecule has 26 heavy (non-hydrogen) atoms. The third-order valence-electron chi connectivity index (χ3n) is 3.56. The molecule has 1 N–H and O–H groups in total. The summed E-state index contributed by atoms with van der Waals surface area (Å²) in [5.74, 6) is 1.25. The largest absolute Gasteiger partial charge is 0.497 e. The van der Waals surface area contributed by atoms with Crippen molar-refractivity contribution in [2.45, 2.75) is 4.90 Å². The number of carbonyl (C=O) groups is 2. The molecule has 6 nitrogen and oxygen atoms in total. The third-order valence-corrected chi connectivity index (χ3v) is 4.54. The molecule has 2 aromatic carbocycles. The van der Waals surface area contributed by atoms with Crippen LogP contribution in [0.25, 0.3) is 0 Å². The predicted molar refractivity (Wildman–Crippen MR) is 103 cm³/mol. The first-order valence-corrected chi connectivity index (χ1v) is 8.95. The lowest BCUT2D eigenvalue weighted by atomic mass is 10.3. The molecular formula is C19H22N2O4S. The molecule has 0 atom stereocenters. The minimum absolute atomic E-state index is 0.0191. The highest BCUT2D eigenvalue weighted by Crippen LogP contribution is 2.23. The first-order valence-electron chi connectivity index (χ1n) is 7.96. The second-order valence-electron chi connectivity index (χ2n) is 5.50. The minimum Gasteiger partial charge on any atom is -0.497 e. The van der Waals surface area contributed by atoms with Crippen molar-refractivity contribution in [2.75, 3.05) is 38.9 Å². The number of carbonyl (C=O) groups excluding carboxylic acids is 2. The van der Waals surface area contributed by atoms with E-state index in [-0.39, 0.29) is 24.1 Å². The number of amides is 2. The summed E-state index contributed by atoms with van der Waals surface area (Å²) in [7, 11) is 4.77. The summed E-state index contributed by atoms with van der Waals surface area (Å²) in [5.41, 5.74) is 0.626. The molecular weight excluding hydrogens is 352 g/mol. The number of nitrogens with zero attached hydrogens (tertiary/aromatic N) is 1. The van der Waals surface area contributed by atoms with Gasteiger partial charge in [0.25, 0.3) is 0 Å². The number of nitrogens with one attached hydrogen (secondary N) is 1. The fourth-order valence-electron chi connectivity index (χ4n) is 2.15. The lowest BCUT2D eigenvalue weighted by Gasteiger charge is -2.17. The number of ether oxygens (including phenoxy) is 2. The Hall–Kier alpha value is -2.67. The number of methoxy groups -OCH3 is 2. The van der Waals surface area contributed by atoms with Crippen molar-refractivity contribution < 1.29 is 19.1 Å². The molecule has 2 aromatic rings. The molecule has 0 fully saturated rings. The number of rotatable bonds is 8. The Morgan fingerprint density at radius 1 is 1.04 bits per heavy atom. The van der Waals surface area contributed by atoms with Gasteiger partial charge in [-0.3, -0.25) is 9.59 Å². The number of likely N-dealkylation sites (N-methyl/N-ethyl adjacent to an activating group) is 1. The molecule has 0 heterocycles. The van der Waals surface area contributed by atoms with Gasteiger partial charge < -0.3 is 19.7 Å². The van der Waals surface area contributed by atoms with E-state index in [4.69, 9.17) is 9.47 Å². The van der Waals surface area contributed by atoms with Gasteiger partial charge in [-0.2, -0.15) is 0 Å². The molecule has 0 aliphatic rings. The molecule has 0 aliphatic carbocycles. The third kappa shape index (κ3) is 6.00. The van der Waals surface area contributed by atoms with E-state index in [1.165, 1.54) is 16.7 Å². The van der Waals surface area contributed by atoms with Gasteiger partial charge in [0, 0.05) is 23.7 Å². The average molecular weight is 374 g/mol. The van der Waals surface area contributed by atoms with Crippen LogP contribution in [0.15, 0.2) is 53.4 Å². The van der Waals surface area contributed by atoms with Gasteiger partial charge in [0.2, 0.25) is 11.8 Å². The van der Waals surface area contributed by atoms with Crippen molar-refractivity contribution in [3.63, 3.8) is 0 Å². The van der Waals surface area contributed by atoms with Crippen molar-refractivity contribution in [1.29, 1.82) is 0 Å². The van der Waals surface area contributed by atoms with Gasteiger partial charge in [-0.05, 0) is 30.3 Å². The first-order chi connectivity index (χ1) is 12.5. The summed E-state index contributed by atoms with van der Waals surface area (Å²) in [6.45, 7) is -0.0191. The lowest BCUT2D eigenvalue weighted by Crippen LogP contribution is -2.35. The van der Waals surface area contributed by atoms with Crippen molar-refractivity contribution in [1.82, 2.24) is 4.90 Å². The highest BCUT2D eigenvalue weighted by Gasteiger charge is 2.14. The number of hydrogen-bond donors (Lipinski definition) is 1. The topological polar surface area (TPSA) is 67.9 Å². The van der Waals surface area contributed by atoms with E-state index in [0.29, 0.717) is 11.4 Å². The van der Waals surface area contributed by atoms with Gasteiger partial charge in [-0.15, -0.1) is 11.8 Å². The van der Waals surface area contributed by atoms with Crippen LogP contribution in [-0.4, -0.2) is 50.3 Å². The van der Waals surface area contributed by atoms with Crippen LogP contribution in [0.5, 0.6) is 11.5 Å². The summed E-state index contributed by atoms with van der Waals surface area (Å²) in [6, 6.07) is 14.6. The number of anilines is 1. The van der Waals surface area contributed by atoms with Crippen molar-refractivity contribution >= 4 is 29.3 Å². The maximum Gasteiger partial charge on any atom is 0.243 e. The van der Waals surface area contributed by atoms with E-state index >= 15 is 0 Å². The summed E-state index contributed by atoms with van der Waals surface area (Å²) >= 11 is 1.40. The Morgan fingerprint density at radius 3 is 2.38 bits per heavy atom. The molecule has 7 heteroatoms. The lowest BCUT2D eigenvalue weighted by molar-refractivity contribution is -0.131. The first kappa shape index (κ1) is 19.7. The van der Waals surface area contributed by atoms with E-state index in [1.807, 2.05) is 24.3 Å². The van der Waals surface area contributed by atoms with Crippen LogP contribution in [0.2, 0.25) is 0 Å². The summed E-state index contributed by atoms with van der Waals surface area (Å²) in [6.07, 6.45) is 0. The molecule has 0 radical (unpaired) electrons. The number of benzene rings is 2. The van der Waals surface area contributed by atoms with Gasteiger partial charge >= 0.3 is 0 Å². The van der Waals surface area contributed by atoms with Crippen molar-refractivity contribution in [2.24, 2.45) is 0 Å². The highest BCUT2D eigenvalue weighted by atomic mass is 32.2. The molecule has 2 rings (SSSR count). The van der Waals surface area contributed by atoms with E-state index in [1.54, 1.807) is 45.5 Å². The van der Waals surface area contributed by atoms with Crippen molar-refractivity contribution in [3.05, 3.63) is 48.5 Å². The van der Waals surface area contributed by atoms with Crippen LogP contribution in [0.1, 0.15) is 0 Å². The Bertz CT molecular complexity index is 767. The average Bonchev–Trinajstić information content (AvgIpc) is 2.66. The molecule has 0 aliphatic heterocycles. The zero-order valence-electron chi connectivity index (χ0n) is 15.0. The zero-order chi connectivity index (χ0) is 18.9. The smallest absolute Gasteiger partial charge is 0.243 e. The molecule has 0 spiro atoms. The van der Waals surface area contributed by atoms with Crippen LogP contribution in [0.3, 0.4) is 0 Å². The normalized spacial score (nSPS) is 10.1. The minimum atomic E-state index is -0.263. The molecule has 0 saturated heterocycles. The fourth-order valence-corrected chi connectivity index (χ4v) is 3.04. The van der Waals surface area contributed by atoms with E-state index < -0.39 is 0 Å². The molecule has 0 bridgehead atoms. The Balaban J connectivity index is 1.82. The molecule has 138 valence electrons. The van der Waals surface area contributed by atoms with Crippen LogP contribution < -0.4 is 14.8 Å². The monoisotopic (exact) mass is 374 g/mol. The Morgan fingerprint density at radius 2 is 1.69 bits per heavy atom. The van der Waals surface area contributed by atoms with Crippen LogP contribution >= 0.6 is 11.8 Å². The standard InChI is InChI=1S/C19H22N2O4S/c1-21(12-18(22)20-14-6-4-7-15(10-14)24-2)19(23)13-26-17-9-5-8-16(11-17)25-3/h4-11H,12-13H2,1-3H3,(H,20,22). The van der Waals surface area contributed by atoms with Gasteiger partial charge in [0.15, 0.2) is 0 Å². The van der Waals surface area contributed by atoms with E-state index in [9.17, 15) is 9.59 Å². The highest BCUT2D eigenvalue weighted by molar-refractivity contribution is 8.00. The predicted octanol–water partition coefficient (Wildman–Crippen LogP) is 2.89. The number of hydrogen-bond acceptors (Lipinski definition) is 5. The molecule has 2 amide bonds. The van der Waals surface area contributed by atoms with Gasteiger partial charge in [-0.1, -0.05) is 12.1 Å².